The van der Waals surface area contributed by atoms with Crippen LogP contribution in [0.4, 0.5) is 17.6 Å². The minimum absolute atomic E-state index is 0.162. The Labute approximate surface area is 194 Å². The molecule has 0 fully saturated rings. The van der Waals surface area contributed by atoms with Gasteiger partial charge in [0.25, 0.3) is 0 Å². The van der Waals surface area contributed by atoms with Gasteiger partial charge in [0.05, 0.1) is 24.3 Å². The third kappa shape index (κ3) is 6.84. The summed E-state index contributed by atoms with van der Waals surface area (Å²) in [5.74, 6) is -0.234. The van der Waals surface area contributed by atoms with E-state index >= 15 is 0 Å². The maximum atomic E-state index is 13.7. The normalized spacial score (nSPS) is 18.2. The summed E-state index contributed by atoms with van der Waals surface area (Å²) in [6.07, 6.45) is 3.19. The number of allylic oxidation sites excluding steroid dienone is 4. The van der Waals surface area contributed by atoms with E-state index in [1.54, 1.807) is 19.1 Å². The molecule has 33 heavy (non-hydrogen) atoms. The van der Waals surface area contributed by atoms with Crippen LogP contribution in [0, 0.1) is 0 Å². The first-order valence-corrected chi connectivity index (χ1v) is 11.5. The molecule has 0 radical (unpaired) electrons. The molecule has 0 saturated heterocycles. The molecule has 5 nitrogen and oxygen atoms in total. The first-order chi connectivity index (χ1) is 15.6. The van der Waals surface area contributed by atoms with Gasteiger partial charge in [-0.25, -0.2) is 4.39 Å². The lowest BCUT2D eigenvalue weighted by molar-refractivity contribution is -0.138. The van der Waals surface area contributed by atoms with Gasteiger partial charge in [0.1, 0.15) is 21.9 Å². The Kier molecular flexibility index (Phi) is 8.25. The number of alkyl halides is 4. The summed E-state index contributed by atoms with van der Waals surface area (Å²) in [6, 6.07) is 3.78. The molecule has 2 aromatic rings. The number of halogens is 4. The number of aliphatic hydroxyl groups is 1. The number of ether oxygens (including phenoxy) is 1. The minimum atomic E-state index is -4.60. The molecule has 1 aliphatic rings. The van der Waals surface area contributed by atoms with Crippen LogP contribution < -0.4 is 10.5 Å². The molecule has 0 amide bonds. The molecule has 0 saturated carbocycles. The number of rotatable bonds is 10. The van der Waals surface area contributed by atoms with E-state index in [2.05, 4.69) is 10.2 Å². The molecule has 0 spiro atoms. The van der Waals surface area contributed by atoms with Crippen molar-refractivity contribution in [2.75, 3.05) is 13.2 Å². The molecular weight excluding hydrogens is 458 g/mol. The van der Waals surface area contributed by atoms with Crippen molar-refractivity contribution in [1.29, 1.82) is 0 Å². The van der Waals surface area contributed by atoms with Gasteiger partial charge >= 0.3 is 6.18 Å². The molecule has 3 N–H and O–H groups in total. The standard InChI is InChI=1S/C23H27F4N3O2S/c1-22(28,14-31)21-30-29-20(33-21)16-8-11-19(18(13-16)23(25,26)27)32-12-4-2-3-5-15-6-9-17(24)10-7-15/h6-9,11,13,17,31H,2-5,10,12,14,28H2,1H3/t17?,22-/m0/s1. The van der Waals surface area contributed by atoms with Gasteiger partial charge < -0.3 is 15.6 Å². The largest absolute Gasteiger partial charge is 0.493 e. The lowest BCUT2D eigenvalue weighted by Gasteiger charge is -2.17. The van der Waals surface area contributed by atoms with Crippen LogP contribution >= 0.6 is 11.3 Å². The molecule has 180 valence electrons. The van der Waals surface area contributed by atoms with Crippen molar-refractivity contribution in [1.82, 2.24) is 10.2 Å². The van der Waals surface area contributed by atoms with Crippen molar-refractivity contribution < 1.29 is 27.4 Å². The van der Waals surface area contributed by atoms with E-state index < -0.39 is 23.5 Å². The highest BCUT2D eigenvalue weighted by atomic mass is 32.1. The van der Waals surface area contributed by atoms with Gasteiger partial charge in [-0.3, -0.25) is 0 Å². The molecule has 1 aliphatic carbocycles. The Morgan fingerprint density at radius 2 is 2.00 bits per heavy atom. The molecule has 3 rings (SSSR count). The molecule has 1 aromatic carbocycles. The zero-order valence-electron chi connectivity index (χ0n) is 18.2. The van der Waals surface area contributed by atoms with Gasteiger partial charge in [-0.15, -0.1) is 10.2 Å². The molecular formula is C23H27F4N3O2S. The molecule has 10 heteroatoms. The van der Waals surface area contributed by atoms with Gasteiger partial charge in [0.2, 0.25) is 0 Å². The minimum Gasteiger partial charge on any atom is -0.493 e. The molecule has 0 bridgehead atoms. The van der Waals surface area contributed by atoms with Crippen LogP contribution in [0.1, 0.15) is 49.6 Å². The van der Waals surface area contributed by atoms with Crippen molar-refractivity contribution in [2.24, 2.45) is 5.73 Å². The highest BCUT2D eigenvalue weighted by Gasteiger charge is 2.35. The predicted octanol–water partition coefficient (Wildman–Crippen LogP) is 5.55. The Morgan fingerprint density at radius 1 is 1.21 bits per heavy atom. The van der Waals surface area contributed by atoms with E-state index in [0.29, 0.717) is 17.8 Å². The van der Waals surface area contributed by atoms with Crippen LogP contribution in [0.3, 0.4) is 0 Å². The Hall–Kier alpha value is -2.30. The van der Waals surface area contributed by atoms with Crippen molar-refractivity contribution in [2.45, 2.75) is 56.9 Å². The maximum absolute atomic E-state index is 13.7. The fourth-order valence-corrected chi connectivity index (χ4v) is 4.15. The van der Waals surface area contributed by atoms with Crippen molar-refractivity contribution in [3.63, 3.8) is 0 Å². The monoisotopic (exact) mass is 485 g/mol. The van der Waals surface area contributed by atoms with Crippen LogP contribution in [-0.4, -0.2) is 34.7 Å². The highest BCUT2D eigenvalue weighted by molar-refractivity contribution is 7.14. The number of nitrogens with zero attached hydrogens (tertiary/aromatic N) is 2. The van der Waals surface area contributed by atoms with Gasteiger partial charge in [-0.2, -0.15) is 13.2 Å². The summed E-state index contributed by atoms with van der Waals surface area (Å²) in [5, 5.41) is 17.8. The molecule has 1 unspecified atom stereocenters. The Morgan fingerprint density at radius 3 is 2.67 bits per heavy atom. The zero-order chi connectivity index (χ0) is 24.1. The van der Waals surface area contributed by atoms with Crippen LogP contribution in [-0.2, 0) is 11.7 Å². The first kappa shape index (κ1) is 25.3. The Bertz CT molecular complexity index is 1000. The maximum Gasteiger partial charge on any atom is 0.419 e. The number of hydrogen-bond acceptors (Lipinski definition) is 6. The summed E-state index contributed by atoms with van der Waals surface area (Å²) in [5.41, 5.74) is 5.26. The molecule has 2 atom stereocenters. The lowest BCUT2D eigenvalue weighted by Crippen LogP contribution is -2.36. The molecule has 0 aliphatic heterocycles. The van der Waals surface area contributed by atoms with Crippen LogP contribution in [0.5, 0.6) is 5.75 Å². The zero-order valence-corrected chi connectivity index (χ0v) is 19.1. The second kappa shape index (κ2) is 10.8. The van der Waals surface area contributed by atoms with Gasteiger partial charge in [-0.05, 0) is 50.8 Å². The SMILES string of the molecule is C[C@](N)(CO)c1nnc(-c2ccc(OCCCCCC3=CCC(F)C=C3)c(C(F)(F)F)c2)s1. The fraction of sp³-hybridized carbons (Fsp3) is 0.478. The van der Waals surface area contributed by atoms with Gasteiger partial charge in [-0.1, -0.05) is 35.1 Å². The van der Waals surface area contributed by atoms with E-state index in [-0.39, 0.29) is 29.5 Å². The van der Waals surface area contributed by atoms with Crippen molar-refractivity contribution in [3.05, 3.63) is 52.6 Å². The first-order valence-electron chi connectivity index (χ1n) is 10.7. The lowest BCUT2D eigenvalue weighted by atomic mass is 10.0. The average molecular weight is 486 g/mol. The van der Waals surface area contributed by atoms with Crippen molar-refractivity contribution >= 4 is 11.3 Å². The van der Waals surface area contributed by atoms with Crippen LogP contribution in [0.25, 0.3) is 10.6 Å². The topological polar surface area (TPSA) is 81.3 Å². The highest BCUT2D eigenvalue weighted by Crippen LogP contribution is 2.40. The fourth-order valence-electron chi connectivity index (χ4n) is 3.26. The second-order valence-corrected chi connectivity index (χ2v) is 9.22. The van der Waals surface area contributed by atoms with Crippen LogP contribution in [0.2, 0.25) is 0 Å². The van der Waals surface area contributed by atoms with Gasteiger partial charge in [0.15, 0.2) is 0 Å². The van der Waals surface area contributed by atoms with E-state index in [9.17, 15) is 22.7 Å². The predicted molar refractivity (Wildman–Crippen MR) is 120 cm³/mol. The number of unbranched alkanes of at least 4 members (excludes halogenated alkanes) is 2. The number of aliphatic hydroxyl groups excluding tert-OH is 1. The summed E-state index contributed by atoms with van der Waals surface area (Å²) in [6.45, 7) is 1.36. The summed E-state index contributed by atoms with van der Waals surface area (Å²) in [7, 11) is 0. The quantitative estimate of drug-likeness (QED) is 0.341. The molecule has 1 aromatic heterocycles. The average Bonchev–Trinajstić information content (AvgIpc) is 3.28. The number of aromatic nitrogens is 2. The third-order valence-corrected chi connectivity index (χ3v) is 6.52. The Balaban J connectivity index is 1.59. The second-order valence-electron chi connectivity index (χ2n) is 8.25. The summed E-state index contributed by atoms with van der Waals surface area (Å²) >= 11 is 1.04. The molecule has 1 heterocycles. The number of benzene rings is 1. The van der Waals surface area contributed by atoms with E-state index in [1.807, 2.05) is 6.08 Å². The van der Waals surface area contributed by atoms with E-state index in [4.69, 9.17) is 10.5 Å². The van der Waals surface area contributed by atoms with Gasteiger partial charge in [0, 0.05) is 12.0 Å². The summed E-state index contributed by atoms with van der Waals surface area (Å²) in [4.78, 5) is 0. The van der Waals surface area contributed by atoms with Crippen LogP contribution in [0.15, 0.2) is 42.0 Å². The number of hydrogen-bond donors (Lipinski definition) is 2. The van der Waals surface area contributed by atoms with Crippen molar-refractivity contribution in [3.8, 4) is 16.3 Å². The van der Waals surface area contributed by atoms with E-state index in [0.717, 1.165) is 42.2 Å². The smallest absolute Gasteiger partial charge is 0.419 e. The number of nitrogens with two attached hydrogens (primary N) is 1. The summed E-state index contributed by atoms with van der Waals surface area (Å²) < 4.78 is 59.5. The van der Waals surface area contributed by atoms with E-state index in [1.165, 1.54) is 12.1 Å². The third-order valence-electron chi connectivity index (χ3n) is 5.27.